The van der Waals surface area contributed by atoms with Gasteiger partial charge in [0, 0.05) is 11.1 Å². The van der Waals surface area contributed by atoms with Gasteiger partial charge in [-0.1, -0.05) is 46.4 Å². The molecule has 3 nitrogen and oxygen atoms in total. The number of halogens is 4. The van der Waals surface area contributed by atoms with Crippen LogP contribution in [0.5, 0.6) is 0 Å². The van der Waals surface area contributed by atoms with Crippen molar-refractivity contribution in [3.05, 3.63) is 48.5 Å². The fraction of sp³-hybridized carbons (Fsp3) is 0. The summed E-state index contributed by atoms with van der Waals surface area (Å²) in [6.07, 6.45) is 0. The molecule has 1 aliphatic carbocycles. The van der Waals surface area contributed by atoms with E-state index in [2.05, 4.69) is 4.98 Å². The van der Waals surface area contributed by atoms with E-state index in [0.717, 1.165) is 0 Å². The molecular weight excluding hydrogens is 332 g/mol. The van der Waals surface area contributed by atoms with Crippen LogP contribution in [0.15, 0.2) is 27.4 Å². The molecule has 1 heterocycles. The maximum atomic E-state index is 11.7. The van der Waals surface area contributed by atoms with E-state index in [4.69, 9.17) is 50.8 Å². The molecule has 2 aliphatic rings. The normalized spacial score (nSPS) is 11.4. The zero-order valence-electron chi connectivity index (χ0n) is 9.01. The number of hydrogen-bond acceptors (Lipinski definition) is 3. The standard InChI is InChI=1S/C12H3Cl4NO2/c13-4-1-2-5-6(3-4)19-12-9(16)11(18)8(15)7(14)10(12)17-5/h1-3H. The number of fused-ring (bicyclic) bond motifs is 2. The minimum atomic E-state index is -0.590. The molecule has 1 aliphatic heterocycles. The van der Waals surface area contributed by atoms with Crippen LogP contribution in [0.25, 0.3) is 22.6 Å². The van der Waals surface area contributed by atoms with E-state index in [1.165, 1.54) is 0 Å². The van der Waals surface area contributed by atoms with Gasteiger partial charge in [-0.15, -0.1) is 0 Å². The fourth-order valence-corrected chi connectivity index (χ4v) is 2.52. The summed E-state index contributed by atoms with van der Waals surface area (Å²) in [5, 5.41) is 0.177. The zero-order chi connectivity index (χ0) is 13.7. The van der Waals surface area contributed by atoms with Crippen molar-refractivity contribution in [2.45, 2.75) is 0 Å². The molecule has 0 fully saturated rings. The molecule has 0 N–H and O–H groups in total. The Hall–Kier alpha value is -1.00. The highest BCUT2D eigenvalue weighted by molar-refractivity contribution is 6.45. The van der Waals surface area contributed by atoms with Gasteiger partial charge in [0.05, 0.1) is 5.02 Å². The molecule has 0 spiro atoms. The predicted octanol–water partition coefficient (Wildman–Crippen LogP) is 4.91. The summed E-state index contributed by atoms with van der Waals surface area (Å²) in [6, 6.07) is 4.91. The van der Waals surface area contributed by atoms with Gasteiger partial charge in [0.2, 0.25) is 5.43 Å². The monoisotopic (exact) mass is 333 g/mol. The summed E-state index contributed by atoms with van der Waals surface area (Å²) in [7, 11) is 0. The number of benzene rings is 2. The molecule has 3 rings (SSSR count). The molecule has 0 bridgehead atoms. The predicted molar refractivity (Wildman–Crippen MR) is 76.9 cm³/mol. The van der Waals surface area contributed by atoms with Crippen molar-refractivity contribution in [3.8, 4) is 11.5 Å². The van der Waals surface area contributed by atoms with Gasteiger partial charge in [-0.2, -0.15) is 0 Å². The Bertz CT molecular complexity index is 843. The number of rotatable bonds is 0. The van der Waals surface area contributed by atoms with E-state index in [-0.39, 0.29) is 26.5 Å². The van der Waals surface area contributed by atoms with Crippen LogP contribution in [0, 0.1) is 0 Å². The highest BCUT2D eigenvalue weighted by Gasteiger charge is 2.23. The zero-order valence-corrected chi connectivity index (χ0v) is 12.0. The van der Waals surface area contributed by atoms with E-state index >= 15 is 0 Å². The SMILES string of the molecule is O=c1c(Cl)c2oc3cc(Cl)ccc3nc-2c(Cl)c1Cl. The van der Waals surface area contributed by atoms with Crippen LogP contribution < -0.4 is 5.43 Å². The first-order valence-electron chi connectivity index (χ1n) is 5.05. The van der Waals surface area contributed by atoms with Gasteiger partial charge in [0.1, 0.15) is 21.3 Å². The third-order valence-corrected chi connectivity index (χ3v) is 3.98. The molecular formula is C12H3Cl4NO2. The van der Waals surface area contributed by atoms with E-state index in [0.29, 0.717) is 16.1 Å². The molecule has 0 aromatic heterocycles. The van der Waals surface area contributed by atoms with Crippen molar-refractivity contribution in [2.75, 3.05) is 0 Å². The molecule has 0 amide bonds. The Labute approximate surface area is 127 Å². The lowest BCUT2D eigenvalue weighted by molar-refractivity contribution is 0.613. The van der Waals surface area contributed by atoms with Crippen LogP contribution in [0.2, 0.25) is 20.1 Å². The molecule has 0 saturated carbocycles. The maximum Gasteiger partial charge on any atom is 0.221 e. The Morgan fingerprint density at radius 2 is 1.74 bits per heavy atom. The first kappa shape index (κ1) is 13.0. The molecule has 19 heavy (non-hydrogen) atoms. The van der Waals surface area contributed by atoms with Crippen molar-refractivity contribution >= 4 is 57.5 Å². The number of hydrogen-bond donors (Lipinski definition) is 0. The molecule has 7 heteroatoms. The first-order chi connectivity index (χ1) is 8.99. The first-order valence-corrected chi connectivity index (χ1v) is 6.57. The van der Waals surface area contributed by atoms with Gasteiger partial charge in [-0.3, -0.25) is 4.79 Å². The second-order valence-electron chi connectivity index (χ2n) is 3.77. The van der Waals surface area contributed by atoms with Crippen LogP contribution >= 0.6 is 46.4 Å². The lowest BCUT2D eigenvalue weighted by Gasteiger charge is -2.10. The third kappa shape index (κ3) is 1.98. The molecule has 0 saturated heterocycles. The topological polar surface area (TPSA) is 43.1 Å². The van der Waals surface area contributed by atoms with Gasteiger partial charge in [-0.25, -0.2) is 4.98 Å². The Morgan fingerprint density at radius 3 is 2.47 bits per heavy atom. The molecule has 0 atom stereocenters. The minimum Gasteiger partial charge on any atom is -0.451 e. The van der Waals surface area contributed by atoms with Crippen LogP contribution in [0.3, 0.4) is 0 Å². The smallest absolute Gasteiger partial charge is 0.221 e. The summed E-state index contributed by atoms with van der Waals surface area (Å²) in [6.45, 7) is 0. The van der Waals surface area contributed by atoms with E-state index < -0.39 is 5.43 Å². The third-order valence-electron chi connectivity index (χ3n) is 2.58. The highest BCUT2D eigenvalue weighted by Crippen LogP contribution is 2.38. The average Bonchev–Trinajstić information content (AvgIpc) is 2.41. The fourth-order valence-electron chi connectivity index (χ4n) is 1.69. The lowest BCUT2D eigenvalue weighted by Crippen LogP contribution is -2.07. The second kappa shape index (κ2) is 4.53. The minimum absolute atomic E-state index is 0.0201. The number of aromatic nitrogens is 1. The van der Waals surface area contributed by atoms with Crippen molar-refractivity contribution < 1.29 is 4.42 Å². The van der Waals surface area contributed by atoms with Crippen molar-refractivity contribution in [3.63, 3.8) is 0 Å². The van der Waals surface area contributed by atoms with Crippen LogP contribution in [-0.4, -0.2) is 4.98 Å². The average molecular weight is 335 g/mol. The second-order valence-corrected chi connectivity index (χ2v) is 5.35. The van der Waals surface area contributed by atoms with Crippen molar-refractivity contribution in [2.24, 2.45) is 0 Å². The largest absolute Gasteiger partial charge is 0.451 e. The Balaban J connectivity index is 2.55. The molecule has 0 unspecified atom stereocenters. The molecule has 1 aromatic carbocycles. The molecule has 0 radical (unpaired) electrons. The lowest BCUT2D eigenvalue weighted by atomic mass is 10.2. The van der Waals surface area contributed by atoms with E-state index in [1.54, 1.807) is 18.2 Å². The summed E-state index contributed by atoms with van der Waals surface area (Å²) in [5.74, 6) is 0.0934. The maximum absolute atomic E-state index is 11.7. The van der Waals surface area contributed by atoms with Gasteiger partial charge in [0.25, 0.3) is 0 Å². The van der Waals surface area contributed by atoms with Gasteiger partial charge >= 0.3 is 0 Å². The van der Waals surface area contributed by atoms with Crippen LogP contribution in [0.1, 0.15) is 0 Å². The van der Waals surface area contributed by atoms with Gasteiger partial charge in [-0.05, 0) is 12.1 Å². The van der Waals surface area contributed by atoms with Gasteiger partial charge < -0.3 is 4.42 Å². The highest BCUT2D eigenvalue weighted by atomic mass is 35.5. The van der Waals surface area contributed by atoms with Crippen molar-refractivity contribution in [1.82, 2.24) is 4.98 Å². The van der Waals surface area contributed by atoms with Gasteiger partial charge in [0.15, 0.2) is 11.3 Å². The van der Waals surface area contributed by atoms with E-state index in [9.17, 15) is 4.79 Å². The van der Waals surface area contributed by atoms with E-state index in [1.807, 2.05) is 0 Å². The number of nitrogens with zero attached hydrogens (tertiary/aromatic N) is 1. The van der Waals surface area contributed by atoms with Crippen LogP contribution in [-0.2, 0) is 0 Å². The summed E-state index contributed by atoms with van der Waals surface area (Å²) in [5.41, 5.74) is 0.586. The summed E-state index contributed by atoms with van der Waals surface area (Å²) in [4.78, 5) is 16.0. The van der Waals surface area contributed by atoms with Crippen molar-refractivity contribution in [1.29, 1.82) is 0 Å². The summed E-state index contributed by atoms with van der Waals surface area (Å²) >= 11 is 23.6. The quantitative estimate of drug-likeness (QED) is 0.433. The van der Waals surface area contributed by atoms with Crippen LogP contribution in [0.4, 0.5) is 0 Å². The Kier molecular flexibility index (Phi) is 3.10. The molecule has 96 valence electrons. The molecule has 1 aromatic rings. The summed E-state index contributed by atoms with van der Waals surface area (Å²) < 4.78 is 5.55. The Morgan fingerprint density at radius 1 is 1.00 bits per heavy atom.